The van der Waals surface area contributed by atoms with Crippen LogP contribution in [-0.4, -0.2) is 41.4 Å². The minimum absolute atomic E-state index is 0.0673. The molecule has 0 spiro atoms. The first kappa shape index (κ1) is 31.6. The van der Waals surface area contributed by atoms with Crippen molar-refractivity contribution in [2.75, 3.05) is 13.1 Å². The van der Waals surface area contributed by atoms with Crippen molar-refractivity contribution in [1.29, 1.82) is 0 Å². The normalized spacial score (nSPS) is 31.9. The Bertz CT molecular complexity index is 725. The van der Waals surface area contributed by atoms with E-state index in [2.05, 4.69) is 9.62 Å². The van der Waals surface area contributed by atoms with Gasteiger partial charge in [-0.3, -0.25) is 9.62 Å². The van der Waals surface area contributed by atoms with Gasteiger partial charge in [-0.2, -0.15) is 0 Å². The molecule has 0 bridgehead atoms. The number of benzene rings is 1. The van der Waals surface area contributed by atoms with Crippen LogP contribution in [0.15, 0.2) is 18.2 Å². The summed E-state index contributed by atoms with van der Waals surface area (Å²) >= 11 is 2.04. The second-order valence-corrected chi connectivity index (χ2v) is 11.7. The summed E-state index contributed by atoms with van der Waals surface area (Å²) in [6, 6.07) is 6.85. The molecule has 3 saturated carbocycles. The summed E-state index contributed by atoms with van der Waals surface area (Å²) in [6.45, 7) is 16.5. The minimum atomic E-state index is -0.0794. The largest absolute Gasteiger partial charge is 0.327 e. The van der Waals surface area contributed by atoms with Crippen molar-refractivity contribution in [1.82, 2.24) is 9.62 Å². The van der Waals surface area contributed by atoms with Gasteiger partial charge < -0.3 is 5.73 Å². The molecule has 3 aliphatic carbocycles. The molecule has 5 heteroatoms. The van der Waals surface area contributed by atoms with Gasteiger partial charge in [0, 0.05) is 42.4 Å². The zero-order valence-electron chi connectivity index (χ0n) is 24.4. The third-order valence-electron chi connectivity index (χ3n) is 8.42. The minimum Gasteiger partial charge on any atom is -0.327 e. The lowest BCUT2D eigenvalue weighted by molar-refractivity contribution is 0.155. The molecule has 1 aromatic rings. The highest BCUT2D eigenvalue weighted by atomic mass is 32.2. The molecule has 5 rings (SSSR count). The monoisotopic (exact) mass is 521 g/mol. The summed E-state index contributed by atoms with van der Waals surface area (Å²) in [5.74, 6) is 1.80. The summed E-state index contributed by atoms with van der Waals surface area (Å²) in [5.41, 5.74) is 8.59. The Morgan fingerprint density at radius 1 is 0.889 bits per heavy atom. The maximum absolute atomic E-state index is 14.4. The fourth-order valence-electron chi connectivity index (χ4n) is 6.78. The fraction of sp³-hybridized carbons (Fsp3) is 0.806. The quantitative estimate of drug-likeness (QED) is 0.384. The van der Waals surface area contributed by atoms with Crippen molar-refractivity contribution >= 4 is 11.9 Å². The maximum atomic E-state index is 14.4. The van der Waals surface area contributed by atoms with E-state index >= 15 is 0 Å². The Hall–Kier alpha value is -0.620. The van der Waals surface area contributed by atoms with Crippen LogP contribution in [0, 0.1) is 24.6 Å². The average Bonchev–Trinajstić information content (AvgIpc) is 3.65. The first-order valence-electron chi connectivity index (χ1n) is 15.2. The van der Waals surface area contributed by atoms with Crippen molar-refractivity contribution in [2.45, 2.75) is 136 Å². The third kappa shape index (κ3) is 8.19. The lowest BCUT2D eigenvalue weighted by atomic mass is 9.77. The highest BCUT2D eigenvalue weighted by Crippen LogP contribution is 2.43. The molecule has 0 aromatic heterocycles. The molecule has 0 radical (unpaired) electrons. The maximum Gasteiger partial charge on any atom is 0.126 e. The number of hydrogen-bond acceptors (Lipinski definition) is 4. The second kappa shape index (κ2) is 16.4. The Balaban J connectivity index is 0.000000710. The number of hydrogen-bond donors (Lipinski definition) is 2. The van der Waals surface area contributed by atoms with Gasteiger partial charge in [-0.05, 0) is 75.3 Å². The molecular formula is C31H56FN3S. The summed E-state index contributed by atoms with van der Waals surface area (Å²) < 4.78 is 18.2. The number of halogens is 1. The van der Waals surface area contributed by atoms with Crippen molar-refractivity contribution in [2.24, 2.45) is 17.6 Å². The van der Waals surface area contributed by atoms with Crippen LogP contribution in [-0.2, 0) is 0 Å². The molecule has 0 amide bonds. The van der Waals surface area contributed by atoms with Crippen molar-refractivity contribution < 1.29 is 4.39 Å². The zero-order chi connectivity index (χ0) is 26.7. The molecule has 5 atom stereocenters. The number of aryl methyl sites for hydroxylation is 1. The molecule has 4 aliphatic rings. The lowest BCUT2D eigenvalue weighted by Crippen LogP contribution is -2.45. The van der Waals surface area contributed by atoms with Gasteiger partial charge in [0.25, 0.3) is 0 Å². The summed E-state index contributed by atoms with van der Waals surface area (Å²) in [7, 11) is 0. The number of fused-ring (bicyclic) bond motifs is 1. The Morgan fingerprint density at radius 2 is 1.50 bits per heavy atom. The number of nitrogens with one attached hydrogen (secondary N) is 1. The first-order chi connectivity index (χ1) is 17.6. The van der Waals surface area contributed by atoms with Crippen LogP contribution in [0.25, 0.3) is 0 Å². The summed E-state index contributed by atoms with van der Waals surface area (Å²) in [6.07, 6.45) is 11.5. The van der Waals surface area contributed by atoms with Gasteiger partial charge in [0.15, 0.2) is 0 Å². The number of rotatable bonds is 5. The van der Waals surface area contributed by atoms with Gasteiger partial charge >= 0.3 is 0 Å². The third-order valence-corrected chi connectivity index (χ3v) is 9.70. The van der Waals surface area contributed by atoms with Crippen molar-refractivity contribution in [3.8, 4) is 0 Å². The molecule has 1 heterocycles. The molecule has 208 valence electrons. The first-order valence-corrected chi connectivity index (χ1v) is 16.1. The van der Waals surface area contributed by atoms with Crippen molar-refractivity contribution in [3.63, 3.8) is 0 Å². The van der Waals surface area contributed by atoms with E-state index in [1.54, 1.807) is 6.07 Å². The average molecular weight is 522 g/mol. The van der Waals surface area contributed by atoms with E-state index in [-0.39, 0.29) is 17.8 Å². The van der Waals surface area contributed by atoms with Crippen LogP contribution in [0.2, 0.25) is 0 Å². The summed E-state index contributed by atoms with van der Waals surface area (Å²) in [5, 5.41) is 0.858. The van der Waals surface area contributed by atoms with Crippen LogP contribution in [0.3, 0.4) is 0 Å². The Labute approximate surface area is 227 Å². The smallest absolute Gasteiger partial charge is 0.126 e. The Morgan fingerprint density at radius 3 is 2.08 bits per heavy atom. The number of likely N-dealkylation sites (tertiary alicyclic amines) is 1. The number of nitrogens with two attached hydrogens (primary N) is 1. The van der Waals surface area contributed by atoms with Gasteiger partial charge in [-0.25, -0.2) is 4.39 Å². The molecule has 4 unspecified atom stereocenters. The zero-order valence-corrected chi connectivity index (χ0v) is 25.2. The SMILES string of the molecule is CC.CC.CC.Cc1ccc(F)c([C@H]2CCC(N3CC4CC(NSC5CCCC5)CC4C3)CC2N)c1. The predicted molar refractivity (Wildman–Crippen MR) is 158 cm³/mol. The molecule has 1 aromatic carbocycles. The second-order valence-electron chi connectivity index (χ2n) is 10.5. The molecule has 3 nitrogen and oxygen atoms in total. The van der Waals surface area contributed by atoms with E-state index < -0.39 is 0 Å². The number of nitrogens with zero attached hydrogens (tertiary/aromatic N) is 1. The van der Waals surface area contributed by atoms with E-state index in [0.29, 0.717) is 6.04 Å². The van der Waals surface area contributed by atoms with Crippen LogP contribution in [0.4, 0.5) is 4.39 Å². The van der Waals surface area contributed by atoms with E-state index in [0.717, 1.165) is 53.5 Å². The van der Waals surface area contributed by atoms with Gasteiger partial charge in [0.1, 0.15) is 5.82 Å². The van der Waals surface area contributed by atoms with Crippen LogP contribution in [0.1, 0.15) is 116 Å². The molecule has 1 aliphatic heterocycles. The van der Waals surface area contributed by atoms with E-state index in [9.17, 15) is 4.39 Å². The van der Waals surface area contributed by atoms with Gasteiger partial charge in [0.05, 0.1) is 0 Å². The van der Waals surface area contributed by atoms with E-state index in [1.165, 1.54) is 51.6 Å². The predicted octanol–water partition coefficient (Wildman–Crippen LogP) is 8.07. The van der Waals surface area contributed by atoms with Crippen LogP contribution < -0.4 is 10.5 Å². The molecule has 3 N–H and O–H groups in total. The van der Waals surface area contributed by atoms with Gasteiger partial charge in [-0.15, -0.1) is 0 Å². The van der Waals surface area contributed by atoms with Crippen molar-refractivity contribution in [3.05, 3.63) is 35.1 Å². The molecule has 4 fully saturated rings. The van der Waals surface area contributed by atoms with E-state index in [1.807, 2.05) is 72.5 Å². The molecule has 1 saturated heterocycles. The lowest BCUT2D eigenvalue weighted by Gasteiger charge is -2.39. The van der Waals surface area contributed by atoms with Gasteiger partial charge in [-0.1, -0.05) is 84.0 Å². The Kier molecular flexibility index (Phi) is 14.4. The van der Waals surface area contributed by atoms with E-state index in [4.69, 9.17) is 5.73 Å². The highest BCUT2D eigenvalue weighted by Gasteiger charge is 2.44. The topological polar surface area (TPSA) is 41.3 Å². The standard InChI is InChI=1S/C25H38FN3S.3C2H6/c1-16-6-9-24(26)23(10-16)22-8-7-20(13-25(22)27)29-14-17-11-19(12-18(17)15-29)28-30-21-4-2-3-5-21;3*1-2/h6,9-10,17-22,25,28H,2-5,7-8,11-15,27H2,1H3;3*1-2H3/t17?,18?,19?,20?,22-,25?;;;/m1.../s1. The van der Waals surface area contributed by atoms with Crippen LogP contribution >= 0.6 is 11.9 Å². The molecule has 36 heavy (non-hydrogen) atoms. The van der Waals surface area contributed by atoms with Crippen LogP contribution in [0.5, 0.6) is 0 Å². The highest BCUT2D eigenvalue weighted by molar-refractivity contribution is 7.98. The summed E-state index contributed by atoms with van der Waals surface area (Å²) in [4.78, 5) is 2.73. The fourth-order valence-corrected chi connectivity index (χ4v) is 7.92. The van der Waals surface area contributed by atoms with Gasteiger partial charge in [0.2, 0.25) is 0 Å². The molecular weight excluding hydrogens is 465 g/mol.